The Balaban J connectivity index is 1.50. The van der Waals surface area contributed by atoms with Crippen molar-refractivity contribution in [2.75, 3.05) is 13.2 Å². The van der Waals surface area contributed by atoms with Crippen molar-refractivity contribution in [2.45, 2.75) is 0 Å². The van der Waals surface area contributed by atoms with Crippen molar-refractivity contribution >= 4 is 17.2 Å². The number of nitrogens with one attached hydrogen (secondary N) is 1. The van der Waals surface area contributed by atoms with Crippen LogP contribution in [0.5, 0.6) is 5.75 Å². The van der Waals surface area contributed by atoms with E-state index in [2.05, 4.69) is 5.32 Å². The molecule has 0 atom stereocenters. The molecule has 0 aliphatic heterocycles. The summed E-state index contributed by atoms with van der Waals surface area (Å²) in [7, 11) is 0. The van der Waals surface area contributed by atoms with E-state index >= 15 is 0 Å². The minimum absolute atomic E-state index is 0.0613. The molecule has 0 fully saturated rings. The summed E-state index contributed by atoms with van der Waals surface area (Å²) < 4.78 is 5.56. The van der Waals surface area contributed by atoms with Gasteiger partial charge in [-0.1, -0.05) is 48.5 Å². The average Bonchev–Trinajstić information content (AvgIpc) is 3.10. The first-order valence-corrected chi connectivity index (χ1v) is 8.26. The van der Waals surface area contributed by atoms with Gasteiger partial charge in [0.2, 0.25) is 0 Å². The molecule has 0 unspecified atom stereocenters. The maximum Gasteiger partial charge on any atom is 0.261 e. The third-order valence-electron chi connectivity index (χ3n) is 3.29. The molecule has 1 amide bonds. The number of para-hydroxylation sites is 1. The molecule has 23 heavy (non-hydrogen) atoms. The van der Waals surface area contributed by atoms with Crippen LogP contribution in [0.15, 0.2) is 72.8 Å². The summed E-state index contributed by atoms with van der Waals surface area (Å²) in [5.74, 6) is 0.748. The quantitative estimate of drug-likeness (QED) is 0.690. The molecular formula is C19H17NO2S. The molecule has 0 saturated carbocycles. The van der Waals surface area contributed by atoms with Gasteiger partial charge in [-0.05, 0) is 29.8 Å². The molecule has 3 nitrogen and oxygen atoms in total. The molecule has 2 aromatic carbocycles. The lowest BCUT2D eigenvalue weighted by molar-refractivity contribution is 0.0951. The second-order valence-corrected chi connectivity index (χ2v) is 6.03. The first-order chi connectivity index (χ1) is 11.3. The zero-order chi connectivity index (χ0) is 15.9. The Kier molecular flexibility index (Phi) is 5.06. The summed E-state index contributed by atoms with van der Waals surface area (Å²) in [6.07, 6.45) is 0. The van der Waals surface area contributed by atoms with E-state index in [0.717, 1.165) is 16.2 Å². The fourth-order valence-electron chi connectivity index (χ4n) is 2.15. The van der Waals surface area contributed by atoms with E-state index in [4.69, 9.17) is 4.74 Å². The van der Waals surface area contributed by atoms with E-state index in [0.29, 0.717) is 18.0 Å². The van der Waals surface area contributed by atoms with E-state index < -0.39 is 0 Å². The second kappa shape index (κ2) is 7.61. The van der Waals surface area contributed by atoms with Gasteiger partial charge < -0.3 is 10.1 Å². The van der Waals surface area contributed by atoms with Crippen LogP contribution in [-0.4, -0.2) is 19.1 Å². The van der Waals surface area contributed by atoms with Crippen molar-refractivity contribution < 1.29 is 9.53 Å². The molecule has 3 aromatic rings. The zero-order valence-corrected chi connectivity index (χ0v) is 13.4. The van der Waals surface area contributed by atoms with Crippen molar-refractivity contribution in [1.82, 2.24) is 5.32 Å². The van der Waals surface area contributed by atoms with E-state index in [-0.39, 0.29) is 5.91 Å². The van der Waals surface area contributed by atoms with Crippen LogP contribution in [0.4, 0.5) is 0 Å². The highest BCUT2D eigenvalue weighted by atomic mass is 32.1. The van der Waals surface area contributed by atoms with Crippen molar-refractivity contribution in [3.05, 3.63) is 77.7 Å². The van der Waals surface area contributed by atoms with Crippen LogP contribution < -0.4 is 10.1 Å². The number of amides is 1. The number of hydrogen-bond donors (Lipinski definition) is 1. The van der Waals surface area contributed by atoms with Crippen molar-refractivity contribution in [3.8, 4) is 16.2 Å². The van der Waals surface area contributed by atoms with Gasteiger partial charge in [0.05, 0.1) is 11.4 Å². The van der Waals surface area contributed by atoms with Crippen molar-refractivity contribution in [2.24, 2.45) is 0 Å². The monoisotopic (exact) mass is 323 g/mol. The lowest BCUT2D eigenvalue weighted by Crippen LogP contribution is -2.27. The Labute approximate surface area is 139 Å². The van der Waals surface area contributed by atoms with Gasteiger partial charge in [0.15, 0.2) is 0 Å². The Morgan fingerprint density at radius 2 is 1.61 bits per heavy atom. The highest BCUT2D eigenvalue weighted by Crippen LogP contribution is 2.27. The maximum absolute atomic E-state index is 12.1. The largest absolute Gasteiger partial charge is 0.492 e. The highest BCUT2D eigenvalue weighted by molar-refractivity contribution is 7.17. The molecule has 0 spiro atoms. The van der Waals surface area contributed by atoms with Gasteiger partial charge in [0, 0.05) is 4.88 Å². The lowest BCUT2D eigenvalue weighted by Gasteiger charge is -2.06. The van der Waals surface area contributed by atoms with Crippen LogP contribution in [0, 0.1) is 0 Å². The van der Waals surface area contributed by atoms with Gasteiger partial charge in [0.1, 0.15) is 12.4 Å². The molecule has 3 rings (SSSR count). The minimum atomic E-state index is -0.0613. The SMILES string of the molecule is O=C(NCCOc1ccccc1)c1ccc(-c2ccccc2)s1. The van der Waals surface area contributed by atoms with Crippen LogP contribution in [0.1, 0.15) is 9.67 Å². The third kappa shape index (κ3) is 4.20. The number of carbonyl (C=O) groups is 1. The standard InChI is InChI=1S/C19H17NO2S/c21-19(20-13-14-22-16-9-5-2-6-10-16)18-12-11-17(23-18)15-7-3-1-4-8-15/h1-12H,13-14H2,(H,20,21). The normalized spacial score (nSPS) is 10.3. The van der Waals surface area contributed by atoms with Gasteiger partial charge in [-0.3, -0.25) is 4.79 Å². The van der Waals surface area contributed by atoms with E-state index in [9.17, 15) is 4.79 Å². The van der Waals surface area contributed by atoms with E-state index in [1.54, 1.807) is 0 Å². The molecular weight excluding hydrogens is 306 g/mol. The Hall–Kier alpha value is -2.59. The minimum Gasteiger partial charge on any atom is -0.492 e. The van der Waals surface area contributed by atoms with Crippen LogP contribution >= 0.6 is 11.3 Å². The van der Waals surface area contributed by atoms with E-state index in [1.807, 2.05) is 72.8 Å². The number of hydrogen-bond acceptors (Lipinski definition) is 3. The molecule has 0 radical (unpaired) electrons. The zero-order valence-electron chi connectivity index (χ0n) is 12.6. The van der Waals surface area contributed by atoms with Gasteiger partial charge in [-0.15, -0.1) is 11.3 Å². The predicted molar refractivity (Wildman–Crippen MR) is 94.0 cm³/mol. The van der Waals surface area contributed by atoms with Gasteiger partial charge >= 0.3 is 0 Å². The molecule has 4 heteroatoms. The second-order valence-electron chi connectivity index (χ2n) is 4.95. The molecule has 1 aromatic heterocycles. The Morgan fingerprint density at radius 1 is 0.913 bits per heavy atom. The summed E-state index contributed by atoms with van der Waals surface area (Å²) in [5.41, 5.74) is 1.13. The number of benzene rings is 2. The van der Waals surface area contributed by atoms with Gasteiger partial charge in [-0.25, -0.2) is 0 Å². The summed E-state index contributed by atoms with van der Waals surface area (Å²) in [5, 5.41) is 2.88. The van der Waals surface area contributed by atoms with Crippen LogP contribution in [0.25, 0.3) is 10.4 Å². The smallest absolute Gasteiger partial charge is 0.261 e. The molecule has 1 heterocycles. The molecule has 0 saturated heterocycles. The van der Waals surface area contributed by atoms with Crippen LogP contribution in [-0.2, 0) is 0 Å². The van der Waals surface area contributed by atoms with Gasteiger partial charge in [0.25, 0.3) is 5.91 Å². The molecule has 1 N–H and O–H groups in total. The predicted octanol–water partition coefficient (Wildman–Crippen LogP) is 4.22. The fraction of sp³-hybridized carbons (Fsp3) is 0.105. The average molecular weight is 323 g/mol. The molecule has 0 aliphatic carbocycles. The van der Waals surface area contributed by atoms with Crippen LogP contribution in [0.2, 0.25) is 0 Å². The molecule has 116 valence electrons. The van der Waals surface area contributed by atoms with Crippen molar-refractivity contribution in [1.29, 1.82) is 0 Å². The summed E-state index contributed by atoms with van der Waals surface area (Å²) in [6, 6.07) is 23.5. The van der Waals surface area contributed by atoms with Crippen molar-refractivity contribution in [3.63, 3.8) is 0 Å². The number of ether oxygens (including phenoxy) is 1. The van der Waals surface area contributed by atoms with E-state index in [1.165, 1.54) is 11.3 Å². The highest BCUT2D eigenvalue weighted by Gasteiger charge is 2.09. The lowest BCUT2D eigenvalue weighted by atomic mass is 10.2. The maximum atomic E-state index is 12.1. The first kappa shape index (κ1) is 15.3. The first-order valence-electron chi connectivity index (χ1n) is 7.44. The molecule has 0 aliphatic rings. The molecule has 0 bridgehead atoms. The van der Waals surface area contributed by atoms with Gasteiger partial charge in [-0.2, -0.15) is 0 Å². The summed E-state index contributed by atoms with van der Waals surface area (Å²) in [6.45, 7) is 0.930. The van der Waals surface area contributed by atoms with Crippen LogP contribution in [0.3, 0.4) is 0 Å². The topological polar surface area (TPSA) is 38.3 Å². The number of rotatable bonds is 6. The summed E-state index contributed by atoms with van der Waals surface area (Å²) in [4.78, 5) is 13.9. The Bertz CT molecular complexity index is 753. The fourth-order valence-corrected chi connectivity index (χ4v) is 3.08. The Morgan fingerprint density at radius 3 is 2.35 bits per heavy atom. The summed E-state index contributed by atoms with van der Waals surface area (Å²) >= 11 is 1.50. The number of thiophene rings is 1. The number of carbonyl (C=O) groups excluding carboxylic acids is 1. The third-order valence-corrected chi connectivity index (χ3v) is 4.42.